The van der Waals surface area contributed by atoms with Crippen LogP contribution < -0.4 is 5.32 Å². The summed E-state index contributed by atoms with van der Waals surface area (Å²) in [5, 5.41) is 14.8. The first-order valence-electron chi connectivity index (χ1n) is 14.6. The Balaban J connectivity index is 1.35. The fourth-order valence-corrected chi connectivity index (χ4v) is 5.67. The van der Waals surface area contributed by atoms with E-state index in [0.29, 0.717) is 46.2 Å². The van der Waals surface area contributed by atoms with E-state index in [9.17, 15) is 14.7 Å². The van der Waals surface area contributed by atoms with Crippen molar-refractivity contribution in [1.29, 1.82) is 0 Å². The minimum Gasteiger partial charge on any atom is -0.494 e. The van der Waals surface area contributed by atoms with Crippen LogP contribution in [0.4, 0.5) is 5.69 Å². The number of hydrogen-bond donors (Lipinski definition) is 3. The Hall–Kier alpha value is -4.47. The lowest BCUT2D eigenvalue weighted by Crippen LogP contribution is -2.44. The third-order valence-electron chi connectivity index (χ3n) is 8.18. The van der Waals surface area contributed by atoms with Crippen molar-refractivity contribution >= 4 is 34.2 Å². The molecule has 1 aromatic heterocycles. The Morgan fingerprint density at radius 3 is 2.40 bits per heavy atom. The number of carbonyl (C=O) groups excluding carboxylic acids is 2. The number of amides is 1. The topological polar surface area (TPSA) is 110 Å². The van der Waals surface area contributed by atoms with Gasteiger partial charge in [-0.3, -0.25) is 4.79 Å². The number of hydrogen-bond acceptors (Lipinski definition) is 7. The number of aromatic hydroxyl groups is 1. The summed E-state index contributed by atoms with van der Waals surface area (Å²) in [5.74, 6) is -0.616. The lowest BCUT2D eigenvalue weighted by Gasteiger charge is -2.35. The van der Waals surface area contributed by atoms with Gasteiger partial charge in [0.15, 0.2) is 5.88 Å². The van der Waals surface area contributed by atoms with Gasteiger partial charge < -0.3 is 29.9 Å². The van der Waals surface area contributed by atoms with Gasteiger partial charge in [-0.05, 0) is 88.9 Å². The molecule has 1 fully saturated rings. The van der Waals surface area contributed by atoms with Crippen molar-refractivity contribution in [2.45, 2.75) is 25.8 Å². The molecular weight excluding hydrogens is 542 g/mol. The van der Waals surface area contributed by atoms with Crippen molar-refractivity contribution in [2.75, 3.05) is 47.4 Å². The van der Waals surface area contributed by atoms with Gasteiger partial charge in [0.05, 0.1) is 29.6 Å². The summed E-state index contributed by atoms with van der Waals surface area (Å²) in [7, 11) is 5.61. The van der Waals surface area contributed by atoms with E-state index in [1.807, 2.05) is 43.3 Å². The fourth-order valence-electron chi connectivity index (χ4n) is 5.67. The summed E-state index contributed by atoms with van der Waals surface area (Å²) in [5.41, 5.74) is 4.83. The van der Waals surface area contributed by atoms with Crippen LogP contribution in [0, 0.1) is 6.92 Å². The molecule has 0 bridgehead atoms. The number of rotatable bonds is 9. The summed E-state index contributed by atoms with van der Waals surface area (Å²) in [6.07, 6.45) is 2.30. The number of nitrogens with zero attached hydrogens (tertiary/aromatic N) is 3. The van der Waals surface area contributed by atoms with E-state index >= 15 is 0 Å². The van der Waals surface area contributed by atoms with E-state index in [4.69, 9.17) is 9.73 Å². The van der Waals surface area contributed by atoms with Crippen LogP contribution in [0.2, 0.25) is 0 Å². The van der Waals surface area contributed by atoms with Gasteiger partial charge in [-0.1, -0.05) is 30.3 Å². The molecule has 0 spiro atoms. The fraction of sp³-hybridized carbons (Fsp3) is 0.324. The zero-order chi connectivity index (χ0) is 30.5. The van der Waals surface area contributed by atoms with Crippen molar-refractivity contribution in [2.24, 2.45) is 4.99 Å². The highest BCUT2D eigenvalue weighted by Crippen LogP contribution is 2.33. The van der Waals surface area contributed by atoms with Crippen LogP contribution in [0.15, 0.2) is 71.7 Å². The zero-order valence-corrected chi connectivity index (χ0v) is 25.2. The maximum atomic E-state index is 12.8. The molecule has 9 nitrogen and oxygen atoms in total. The predicted molar refractivity (Wildman–Crippen MR) is 170 cm³/mol. The number of H-pyrrole nitrogens is 1. The van der Waals surface area contributed by atoms with Crippen LogP contribution in [0.1, 0.15) is 50.2 Å². The van der Waals surface area contributed by atoms with Crippen LogP contribution in [-0.4, -0.2) is 90.9 Å². The summed E-state index contributed by atoms with van der Waals surface area (Å²) in [4.78, 5) is 37.7. The highest BCUT2D eigenvalue weighted by molar-refractivity contribution is 6.22. The van der Waals surface area contributed by atoms with Crippen LogP contribution in [0.3, 0.4) is 0 Å². The standard InChI is InChI=1S/C34H39N5O4/c1-22-20-28-29(21-27(22)34(42)43-4)37-33(41)30(28)31(23-8-6-5-7-9-23)36-25-12-10-24(11-13-25)32(40)35-16-19-39-17-14-26(15-18-39)38(2)3/h5-13,20-21,26,37,41H,14-19H2,1-4H3,(H,35,40). The quantitative estimate of drug-likeness (QED) is 0.192. The molecule has 2 heterocycles. The number of aryl methyl sites for hydroxylation is 1. The van der Waals surface area contributed by atoms with Crippen LogP contribution in [-0.2, 0) is 4.74 Å². The number of methoxy groups -OCH3 is 1. The average molecular weight is 582 g/mol. The van der Waals surface area contributed by atoms with Crippen molar-refractivity contribution in [3.63, 3.8) is 0 Å². The number of ether oxygens (including phenoxy) is 1. The summed E-state index contributed by atoms with van der Waals surface area (Å²) >= 11 is 0. The van der Waals surface area contributed by atoms with Crippen molar-refractivity contribution in [1.82, 2.24) is 20.1 Å². The molecule has 3 aromatic carbocycles. The van der Waals surface area contributed by atoms with Crippen molar-refractivity contribution < 1.29 is 19.4 Å². The van der Waals surface area contributed by atoms with Crippen molar-refractivity contribution in [3.8, 4) is 5.88 Å². The first-order valence-corrected chi connectivity index (χ1v) is 14.6. The van der Waals surface area contributed by atoms with Gasteiger partial charge in [-0.2, -0.15) is 0 Å². The van der Waals surface area contributed by atoms with Gasteiger partial charge in [0.25, 0.3) is 5.91 Å². The van der Waals surface area contributed by atoms with Gasteiger partial charge in [0, 0.05) is 41.2 Å². The molecule has 4 aromatic rings. The zero-order valence-electron chi connectivity index (χ0n) is 25.2. The van der Waals surface area contributed by atoms with Gasteiger partial charge in [-0.15, -0.1) is 0 Å². The molecule has 9 heteroatoms. The predicted octanol–water partition coefficient (Wildman–Crippen LogP) is 4.89. The molecular formula is C34H39N5O4. The second kappa shape index (κ2) is 13.2. The second-order valence-electron chi connectivity index (χ2n) is 11.2. The molecule has 43 heavy (non-hydrogen) atoms. The number of benzene rings is 3. The minimum atomic E-state index is -0.444. The molecule has 0 unspecified atom stereocenters. The number of nitrogens with one attached hydrogen (secondary N) is 2. The number of esters is 1. The highest BCUT2D eigenvalue weighted by Gasteiger charge is 2.22. The number of aromatic nitrogens is 1. The smallest absolute Gasteiger partial charge is 0.338 e. The van der Waals surface area contributed by atoms with E-state index in [1.165, 1.54) is 7.11 Å². The van der Waals surface area contributed by atoms with Gasteiger partial charge >= 0.3 is 5.97 Å². The maximum Gasteiger partial charge on any atom is 0.338 e. The van der Waals surface area contributed by atoms with E-state index in [0.717, 1.165) is 49.0 Å². The first-order chi connectivity index (χ1) is 20.7. The number of likely N-dealkylation sites (tertiary alicyclic amines) is 1. The van der Waals surface area contributed by atoms with Crippen molar-refractivity contribution in [3.05, 3.63) is 94.5 Å². The molecule has 0 atom stereocenters. The van der Waals surface area contributed by atoms with Crippen LogP contribution in [0.5, 0.6) is 5.88 Å². The Bertz CT molecular complexity index is 1620. The maximum absolute atomic E-state index is 12.8. The molecule has 1 aliphatic heterocycles. The summed E-state index contributed by atoms with van der Waals surface area (Å²) in [6.45, 7) is 5.36. The van der Waals surface area contributed by atoms with Gasteiger partial charge in [-0.25, -0.2) is 9.79 Å². The van der Waals surface area contributed by atoms with Gasteiger partial charge in [0.1, 0.15) is 0 Å². The number of carbonyl (C=O) groups is 2. The average Bonchev–Trinajstić information content (AvgIpc) is 3.34. The Morgan fingerprint density at radius 2 is 1.74 bits per heavy atom. The van der Waals surface area contributed by atoms with Gasteiger partial charge in [0.2, 0.25) is 0 Å². The summed E-state index contributed by atoms with van der Waals surface area (Å²) < 4.78 is 4.91. The van der Waals surface area contributed by atoms with Crippen LogP contribution in [0.25, 0.3) is 10.9 Å². The first kappa shape index (κ1) is 30.0. The molecule has 1 aliphatic rings. The Labute approximate surface area is 252 Å². The highest BCUT2D eigenvalue weighted by atomic mass is 16.5. The number of aliphatic imine (C=N–C) groups is 1. The molecule has 0 radical (unpaired) electrons. The SMILES string of the molecule is COC(=O)c1cc2[nH]c(O)c(C(=Nc3ccc(C(=O)NCCN4CCC(N(C)C)CC4)cc3)c3ccccc3)c2cc1C. The van der Waals surface area contributed by atoms with E-state index in [1.54, 1.807) is 30.3 Å². The Morgan fingerprint density at radius 1 is 1.05 bits per heavy atom. The molecule has 1 saturated heterocycles. The minimum absolute atomic E-state index is 0.0547. The largest absolute Gasteiger partial charge is 0.494 e. The summed E-state index contributed by atoms with van der Waals surface area (Å²) in [6, 6.07) is 20.9. The third kappa shape index (κ3) is 6.79. The normalized spacial score (nSPS) is 14.8. The number of piperidine rings is 1. The number of aromatic amines is 1. The molecule has 0 aliphatic carbocycles. The monoisotopic (exact) mass is 581 g/mol. The van der Waals surface area contributed by atoms with E-state index < -0.39 is 5.97 Å². The number of fused-ring (bicyclic) bond motifs is 1. The lowest BCUT2D eigenvalue weighted by atomic mass is 9.98. The van der Waals surface area contributed by atoms with Crippen LogP contribution >= 0.6 is 0 Å². The van der Waals surface area contributed by atoms with E-state index in [2.05, 4.69) is 34.2 Å². The second-order valence-corrected chi connectivity index (χ2v) is 11.2. The molecule has 224 valence electrons. The Kier molecular flexibility index (Phi) is 9.23. The molecule has 3 N–H and O–H groups in total. The lowest BCUT2D eigenvalue weighted by molar-refractivity contribution is 0.0600. The van der Waals surface area contributed by atoms with E-state index in [-0.39, 0.29) is 11.8 Å². The molecule has 1 amide bonds. The third-order valence-corrected chi connectivity index (χ3v) is 8.18. The molecule has 0 saturated carbocycles. The molecule has 5 rings (SSSR count).